The summed E-state index contributed by atoms with van der Waals surface area (Å²) in [5.74, 6) is -0.861. The van der Waals surface area contributed by atoms with Gasteiger partial charge < -0.3 is 0 Å². The molecule has 0 aliphatic rings. The maximum atomic E-state index is 12.8. The minimum Gasteiger partial charge on any atom is -0.258 e. The van der Waals surface area contributed by atoms with Gasteiger partial charge in [0.15, 0.2) is 0 Å². The van der Waals surface area contributed by atoms with Crippen molar-refractivity contribution in [1.29, 1.82) is 5.26 Å². The molecular weight excluding hydrogens is 211 g/mol. The maximum Gasteiger partial charge on any atom is 0.276 e. The minimum absolute atomic E-state index is 0.115. The Hall–Kier alpha value is -1.67. The minimum atomic E-state index is -0.861. The Balaban J connectivity index is 3.32. The van der Waals surface area contributed by atoms with Crippen molar-refractivity contribution < 1.29 is 9.31 Å². The predicted octanol–water partition coefficient (Wildman–Crippen LogP) is 2.45. The number of hydrogen-bond acceptors (Lipinski definition) is 3. The van der Waals surface area contributed by atoms with Crippen LogP contribution in [-0.2, 0) is 6.42 Å². The Morgan fingerprint density at radius 1 is 1.64 bits per heavy atom. The van der Waals surface area contributed by atoms with E-state index in [-0.39, 0.29) is 17.0 Å². The number of nitrogens with zero attached hydrogens (tertiary/aromatic N) is 2. The first-order chi connectivity index (χ1) is 6.56. The van der Waals surface area contributed by atoms with Crippen molar-refractivity contribution in [3.8, 4) is 6.07 Å². The number of nitro benzene ring substituents is 1. The van der Waals surface area contributed by atoms with E-state index >= 15 is 0 Å². The van der Waals surface area contributed by atoms with Gasteiger partial charge in [0, 0.05) is 5.56 Å². The Morgan fingerprint density at radius 2 is 2.29 bits per heavy atom. The van der Waals surface area contributed by atoms with Gasteiger partial charge >= 0.3 is 0 Å². The fourth-order valence-electron chi connectivity index (χ4n) is 0.974. The van der Waals surface area contributed by atoms with Crippen LogP contribution in [0, 0.1) is 27.3 Å². The molecule has 0 amide bonds. The van der Waals surface area contributed by atoms with Crippen molar-refractivity contribution in [2.45, 2.75) is 6.42 Å². The zero-order valence-electron chi connectivity index (χ0n) is 6.83. The van der Waals surface area contributed by atoms with E-state index in [1.807, 2.05) is 0 Å². The largest absolute Gasteiger partial charge is 0.276 e. The lowest BCUT2D eigenvalue weighted by molar-refractivity contribution is -0.385. The topological polar surface area (TPSA) is 66.9 Å². The molecular formula is C8H4ClFN2O2. The number of halogens is 2. The lowest BCUT2D eigenvalue weighted by Crippen LogP contribution is -1.96. The molecule has 72 valence electrons. The van der Waals surface area contributed by atoms with Crippen LogP contribution in [-0.4, -0.2) is 4.92 Å². The SMILES string of the molecule is N#CCc1cc(Cl)c(F)cc1[N+](=O)[O-]. The lowest BCUT2D eigenvalue weighted by atomic mass is 10.1. The normalized spacial score (nSPS) is 9.50. The van der Waals surface area contributed by atoms with Crippen molar-refractivity contribution in [1.82, 2.24) is 0 Å². The molecule has 0 bridgehead atoms. The summed E-state index contributed by atoms with van der Waals surface area (Å²) in [5, 5.41) is 18.6. The molecule has 0 spiro atoms. The second-order valence-electron chi connectivity index (χ2n) is 2.49. The molecule has 4 nitrogen and oxygen atoms in total. The van der Waals surface area contributed by atoms with Gasteiger partial charge in [-0.25, -0.2) is 4.39 Å². The molecule has 0 saturated heterocycles. The summed E-state index contributed by atoms with van der Waals surface area (Å²) in [4.78, 5) is 9.70. The van der Waals surface area contributed by atoms with Crippen LogP contribution < -0.4 is 0 Å². The van der Waals surface area contributed by atoms with E-state index in [0.717, 1.165) is 12.1 Å². The average Bonchev–Trinajstić information content (AvgIpc) is 2.11. The van der Waals surface area contributed by atoms with Gasteiger partial charge in [-0.15, -0.1) is 0 Å². The summed E-state index contributed by atoms with van der Waals surface area (Å²) < 4.78 is 12.8. The molecule has 0 saturated carbocycles. The quantitative estimate of drug-likeness (QED) is 0.561. The number of nitriles is 1. The van der Waals surface area contributed by atoms with E-state index < -0.39 is 16.4 Å². The first kappa shape index (κ1) is 10.4. The summed E-state index contributed by atoms with van der Waals surface area (Å²) in [7, 11) is 0. The van der Waals surface area contributed by atoms with Gasteiger partial charge in [-0.3, -0.25) is 10.1 Å². The smallest absolute Gasteiger partial charge is 0.258 e. The Labute approximate surface area is 83.7 Å². The van der Waals surface area contributed by atoms with E-state index in [9.17, 15) is 14.5 Å². The molecule has 0 aromatic heterocycles. The van der Waals surface area contributed by atoms with E-state index in [2.05, 4.69) is 0 Å². The molecule has 0 unspecified atom stereocenters. The number of hydrogen-bond donors (Lipinski definition) is 0. The first-order valence-electron chi connectivity index (χ1n) is 3.55. The van der Waals surface area contributed by atoms with Crippen molar-refractivity contribution >= 4 is 17.3 Å². The molecule has 0 aliphatic heterocycles. The molecule has 6 heteroatoms. The number of rotatable bonds is 2. The summed E-state index contributed by atoms with van der Waals surface area (Å²) >= 11 is 5.42. The number of benzene rings is 1. The molecule has 0 atom stereocenters. The highest BCUT2D eigenvalue weighted by Crippen LogP contribution is 2.26. The van der Waals surface area contributed by atoms with Crippen LogP contribution in [0.5, 0.6) is 0 Å². The molecule has 1 aromatic carbocycles. The molecule has 0 radical (unpaired) electrons. The van der Waals surface area contributed by atoms with Crippen LogP contribution >= 0.6 is 11.6 Å². The van der Waals surface area contributed by atoms with Gasteiger partial charge in [0.2, 0.25) is 0 Å². The zero-order valence-corrected chi connectivity index (χ0v) is 7.58. The molecule has 0 fully saturated rings. The highest BCUT2D eigenvalue weighted by atomic mass is 35.5. The van der Waals surface area contributed by atoms with E-state index in [1.165, 1.54) is 0 Å². The van der Waals surface area contributed by atoms with Gasteiger partial charge in [-0.1, -0.05) is 11.6 Å². The highest BCUT2D eigenvalue weighted by Gasteiger charge is 2.17. The van der Waals surface area contributed by atoms with Crippen LogP contribution in [0.2, 0.25) is 5.02 Å². The van der Waals surface area contributed by atoms with Crippen molar-refractivity contribution in [3.05, 3.63) is 38.7 Å². The highest BCUT2D eigenvalue weighted by molar-refractivity contribution is 6.30. The van der Waals surface area contributed by atoms with Crippen molar-refractivity contribution in [2.75, 3.05) is 0 Å². The number of nitro groups is 1. The molecule has 0 N–H and O–H groups in total. The third-order valence-corrected chi connectivity index (χ3v) is 1.88. The molecule has 1 rings (SSSR count). The van der Waals surface area contributed by atoms with Gasteiger partial charge in [0.05, 0.1) is 28.5 Å². The second kappa shape index (κ2) is 4.03. The molecule has 1 aromatic rings. The van der Waals surface area contributed by atoms with Gasteiger partial charge in [0.1, 0.15) is 5.82 Å². The summed E-state index contributed by atoms with van der Waals surface area (Å²) in [6.07, 6.45) is -0.170. The van der Waals surface area contributed by atoms with E-state index in [4.69, 9.17) is 16.9 Å². The fraction of sp³-hybridized carbons (Fsp3) is 0.125. The summed E-state index contributed by atoms with van der Waals surface area (Å²) in [6, 6.07) is 3.55. The Bertz CT molecular complexity index is 428. The monoisotopic (exact) mass is 214 g/mol. The van der Waals surface area contributed by atoms with Crippen LogP contribution in [0.1, 0.15) is 5.56 Å². The molecule has 14 heavy (non-hydrogen) atoms. The van der Waals surface area contributed by atoms with E-state index in [0.29, 0.717) is 0 Å². The standard InChI is InChI=1S/C8H4ClFN2O2/c9-6-3-5(1-2-11)8(12(13)14)4-7(6)10/h3-4H,1H2. The fourth-order valence-corrected chi connectivity index (χ4v) is 1.16. The Kier molecular flexibility index (Phi) is 2.99. The van der Waals surface area contributed by atoms with Crippen LogP contribution in [0.15, 0.2) is 12.1 Å². The van der Waals surface area contributed by atoms with Crippen molar-refractivity contribution in [3.63, 3.8) is 0 Å². The lowest BCUT2D eigenvalue weighted by Gasteiger charge is -1.99. The van der Waals surface area contributed by atoms with Crippen molar-refractivity contribution in [2.24, 2.45) is 0 Å². The van der Waals surface area contributed by atoms with Crippen LogP contribution in [0.25, 0.3) is 0 Å². The third-order valence-electron chi connectivity index (χ3n) is 1.59. The third kappa shape index (κ3) is 1.98. The summed E-state index contributed by atoms with van der Waals surface area (Å²) in [5.41, 5.74) is -0.308. The van der Waals surface area contributed by atoms with Gasteiger partial charge in [-0.2, -0.15) is 5.26 Å². The van der Waals surface area contributed by atoms with Gasteiger partial charge in [-0.05, 0) is 6.07 Å². The first-order valence-corrected chi connectivity index (χ1v) is 3.93. The van der Waals surface area contributed by atoms with Crippen LogP contribution in [0.4, 0.5) is 10.1 Å². The second-order valence-corrected chi connectivity index (χ2v) is 2.89. The van der Waals surface area contributed by atoms with Crippen LogP contribution in [0.3, 0.4) is 0 Å². The summed E-state index contributed by atoms with van der Waals surface area (Å²) in [6.45, 7) is 0. The average molecular weight is 215 g/mol. The maximum absolute atomic E-state index is 12.8. The van der Waals surface area contributed by atoms with Gasteiger partial charge in [0.25, 0.3) is 5.69 Å². The molecule has 0 heterocycles. The zero-order chi connectivity index (χ0) is 10.7. The Morgan fingerprint density at radius 3 is 2.79 bits per heavy atom. The molecule has 0 aliphatic carbocycles. The predicted molar refractivity (Wildman–Crippen MR) is 47.4 cm³/mol. The van der Waals surface area contributed by atoms with E-state index in [1.54, 1.807) is 6.07 Å².